The number of ether oxygens (including phenoxy) is 1. The molecule has 0 aliphatic rings. The van der Waals surface area contributed by atoms with Gasteiger partial charge < -0.3 is 15.2 Å². The SMILES string of the molecule is Cc1cc(C)n2nc(C(=O)NCCc3ccc(OCC(=O)O)cc3)nc2n1. The van der Waals surface area contributed by atoms with Crippen LogP contribution in [0.4, 0.5) is 0 Å². The van der Waals surface area contributed by atoms with Gasteiger partial charge in [0.15, 0.2) is 6.61 Å². The summed E-state index contributed by atoms with van der Waals surface area (Å²) < 4.78 is 6.62. The number of carboxylic acid groups (broad SMARTS) is 1. The molecule has 0 spiro atoms. The quantitative estimate of drug-likeness (QED) is 0.642. The van der Waals surface area contributed by atoms with Crippen LogP contribution in [-0.2, 0) is 11.2 Å². The molecule has 9 nitrogen and oxygen atoms in total. The largest absolute Gasteiger partial charge is 0.482 e. The predicted octanol–water partition coefficient (Wildman–Crippen LogP) is 1.18. The normalized spacial score (nSPS) is 10.7. The minimum absolute atomic E-state index is 0.0774. The van der Waals surface area contributed by atoms with Gasteiger partial charge in [-0.2, -0.15) is 4.98 Å². The number of rotatable bonds is 7. The summed E-state index contributed by atoms with van der Waals surface area (Å²) in [5.41, 5.74) is 2.65. The molecule has 0 radical (unpaired) electrons. The Morgan fingerprint density at radius 3 is 2.63 bits per heavy atom. The van der Waals surface area contributed by atoms with Gasteiger partial charge in [0, 0.05) is 17.9 Å². The maximum atomic E-state index is 12.3. The highest BCUT2D eigenvalue weighted by Crippen LogP contribution is 2.12. The Kier molecular flexibility index (Phi) is 5.30. The summed E-state index contributed by atoms with van der Waals surface area (Å²) in [6, 6.07) is 8.90. The molecular formula is C18H19N5O4. The van der Waals surface area contributed by atoms with E-state index in [0.29, 0.717) is 24.5 Å². The topological polar surface area (TPSA) is 119 Å². The van der Waals surface area contributed by atoms with Crippen LogP contribution < -0.4 is 10.1 Å². The number of aryl methyl sites for hydroxylation is 2. The molecule has 0 saturated heterocycles. The molecule has 1 amide bonds. The first-order valence-corrected chi connectivity index (χ1v) is 8.35. The fraction of sp³-hybridized carbons (Fsp3) is 0.278. The first kappa shape index (κ1) is 18.3. The molecule has 3 aromatic rings. The lowest BCUT2D eigenvalue weighted by Gasteiger charge is -2.06. The van der Waals surface area contributed by atoms with Crippen LogP contribution in [0.25, 0.3) is 5.78 Å². The summed E-state index contributed by atoms with van der Waals surface area (Å²) >= 11 is 0. The molecule has 0 saturated carbocycles. The van der Waals surface area contributed by atoms with E-state index >= 15 is 0 Å². The number of carboxylic acids is 1. The number of aromatic nitrogens is 4. The number of amides is 1. The fourth-order valence-electron chi connectivity index (χ4n) is 2.56. The van der Waals surface area contributed by atoms with E-state index in [-0.39, 0.29) is 18.3 Å². The molecule has 0 bridgehead atoms. The number of benzene rings is 1. The van der Waals surface area contributed by atoms with Gasteiger partial charge in [-0.15, -0.1) is 5.10 Å². The molecule has 0 atom stereocenters. The van der Waals surface area contributed by atoms with Crippen molar-refractivity contribution in [2.24, 2.45) is 0 Å². The van der Waals surface area contributed by atoms with Crippen molar-refractivity contribution in [3.05, 3.63) is 53.1 Å². The first-order chi connectivity index (χ1) is 12.9. The molecule has 9 heteroatoms. The zero-order chi connectivity index (χ0) is 19.4. The third-order valence-electron chi connectivity index (χ3n) is 3.81. The van der Waals surface area contributed by atoms with Crippen LogP contribution in [0.15, 0.2) is 30.3 Å². The molecule has 0 aliphatic carbocycles. The van der Waals surface area contributed by atoms with Crippen molar-refractivity contribution in [2.75, 3.05) is 13.2 Å². The van der Waals surface area contributed by atoms with E-state index in [4.69, 9.17) is 9.84 Å². The molecule has 1 aromatic carbocycles. The van der Waals surface area contributed by atoms with Gasteiger partial charge in [-0.1, -0.05) is 12.1 Å². The first-order valence-electron chi connectivity index (χ1n) is 8.35. The Labute approximate surface area is 155 Å². The standard InChI is InChI=1S/C18H19N5O4/c1-11-9-12(2)23-18(20-11)21-16(22-23)17(26)19-8-7-13-3-5-14(6-4-13)27-10-15(24)25/h3-6,9H,7-8,10H2,1-2H3,(H,19,26)(H,24,25). The van der Waals surface area contributed by atoms with Gasteiger partial charge in [-0.05, 0) is 44.0 Å². The second-order valence-electron chi connectivity index (χ2n) is 6.02. The van der Waals surface area contributed by atoms with E-state index < -0.39 is 5.97 Å². The molecule has 0 fully saturated rings. The van der Waals surface area contributed by atoms with E-state index in [2.05, 4.69) is 20.4 Å². The third kappa shape index (κ3) is 4.57. The Balaban J connectivity index is 1.55. The number of nitrogens with one attached hydrogen (secondary N) is 1. The van der Waals surface area contributed by atoms with E-state index in [1.807, 2.05) is 32.0 Å². The van der Waals surface area contributed by atoms with Gasteiger partial charge in [-0.3, -0.25) is 4.79 Å². The van der Waals surface area contributed by atoms with Crippen molar-refractivity contribution >= 4 is 17.7 Å². The number of fused-ring (bicyclic) bond motifs is 1. The number of carbonyl (C=O) groups is 2. The van der Waals surface area contributed by atoms with Crippen LogP contribution in [-0.4, -0.2) is 49.7 Å². The Hall–Kier alpha value is -3.49. The van der Waals surface area contributed by atoms with Crippen molar-refractivity contribution in [3.63, 3.8) is 0 Å². The molecule has 140 valence electrons. The summed E-state index contributed by atoms with van der Waals surface area (Å²) in [6.07, 6.45) is 0.606. The summed E-state index contributed by atoms with van der Waals surface area (Å²) in [5.74, 6) is -0.428. The summed E-state index contributed by atoms with van der Waals surface area (Å²) in [7, 11) is 0. The maximum Gasteiger partial charge on any atom is 0.341 e. The lowest BCUT2D eigenvalue weighted by Crippen LogP contribution is -2.26. The number of aliphatic carboxylic acids is 1. The zero-order valence-electron chi connectivity index (χ0n) is 15.0. The van der Waals surface area contributed by atoms with Gasteiger partial charge in [0.1, 0.15) is 5.75 Å². The number of hydrogen-bond donors (Lipinski definition) is 2. The number of nitrogens with zero attached hydrogens (tertiary/aromatic N) is 4. The van der Waals surface area contributed by atoms with Crippen molar-refractivity contribution in [1.82, 2.24) is 24.9 Å². The highest BCUT2D eigenvalue weighted by atomic mass is 16.5. The Morgan fingerprint density at radius 1 is 1.19 bits per heavy atom. The summed E-state index contributed by atoms with van der Waals surface area (Å²) in [6.45, 7) is 3.77. The highest BCUT2D eigenvalue weighted by molar-refractivity contribution is 5.90. The van der Waals surface area contributed by atoms with Gasteiger partial charge in [0.05, 0.1) is 0 Å². The van der Waals surface area contributed by atoms with E-state index in [1.54, 1.807) is 12.1 Å². The predicted molar refractivity (Wildman–Crippen MR) is 95.9 cm³/mol. The van der Waals surface area contributed by atoms with Crippen LogP contribution in [0.1, 0.15) is 27.6 Å². The second kappa shape index (κ2) is 7.81. The van der Waals surface area contributed by atoms with Crippen LogP contribution >= 0.6 is 0 Å². The third-order valence-corrected chi connectivity index (χ3v) is 3.81. The molecule has 3 rings (SSSR count). The van der Waals surface area contributed by atoms with Crippen molar-refractivity contribution in [2.45, 2.75) is 20.3 Å². The Morgan fingerprint density at radius 2 is 1.93 bits per heavy atom. The highest BCUT2D eigenvalue weighted by Gasteiger charge is 2.14. The van der Waals surface area contributed by atoms with E-state index in [9.17, 15) is 9.59 Å². The smallest absolute Gasteiger partial charge is 0.341 e. The van der Waals surface area contributed by atoms with Gasteiger partial charge in [0.2, 0.25) is 5.82 Å². The molecule has 0 aliphatic heterocycles. The second-order valence-corrected chi connectivity index (χ2v) is 6.02. The van der Waals surface area contributed by atoms with Crippen LogP contribution in [0.5, 0.6) is 5.75 Å². The molecule has 27 heavy (non-hydrogen) atoms. The van der Waals surface area contributed by atoms with Crippen molar-refractivity contribution in [1.29, 1.82) is 0 Å². The van der Waals surface area contributed by atoms with Gasteiger partial charge in [-0.25, -0.2) is 14.3 Å². The average Bonchev–Trinajstić information content (AvgIpc) is 3.05. The number of hydrogen-bond acceptors (Lipinski definition) is 6. The minimum Gasteiger partial charge on any atom is -0.482 e. The van der Waals surface area contributed by atoms with Gasteiger partial charge >= 0.3 is 5.97 Å². The van der Waals surface area contributed by atoms with E-state index in [0.717, 1.165) is 17.0 Å². The minimum atomic E-state index is -1.03. The van der Waals surface area contributed by atoms with Crippen LogP contribution in [0, 0.1) is 13.8 Å². The average molecular weight is 369 g/mol. The van der Waals surface area contributed by atoms with Gasteiger partial charge in [0.25, 0.3) is 11.7 Å². The van der Waals surface area contributed by atoms with Crippen LogP contribution in [0.3, 0.4) is 0 Å². The van der Waals surface area contributed by atoms with Crippen molar-refractivity contribution < 1.29 is 19.4 Å². The zero-order valence-corrected chi connectivity index (χ0v) is 15.0. The number of carbonyl (C=O) groups excluding carboxylic acids is 1. The molecule has 0 unspecified atom stereocenters. The monoisotopic (exact) mass is 369 g/mol. The van der Waals surface area contributed by atoms with Crippen molar-refractivity contribution in [3.8, 4) is 5.75 Å². The summed E-state index contributed by atoms with van der Waals surface area (Å²) in [4.78, 5) is 31.2. The fourth-order valence-corrected chi connectivity index (χ4v) is 2.56. The van der Waals surface area contributed by atoms with E-state index in [1.165, 1.54) is 4.52 Å². The summed E-state index contributed by atoms with van der Waals surface area (Å²) in [5, 5.41) is 15.6. The lowest BCUT2D eigenvalue weighted by atomic mass is 10.1. The molecular weight excluding hydrogens is 350 g/mol. The maximum absolute atomic E-state index is 12.3. The molecule has 2 aromatic heterocycles. The van der Waals surface area contributed by atoms with Crippen LogP contribution in [0.2, 0.25) is 0 Å². The lowest BCUT2D eigenvalue weighted by molar-refractivity contribution is -0.139. The molecule has 2 N–H and O–H groups in total. The molecule has 2 heterocycles. The Bertz CT molecular complexity index is 981.